The minimum atomic E-state index is -0.300. The van der Waals surface area contributed by atoms with Crippen molar-refractivity contribution in [1.29, 1.82) is 0 Å². The second-order valence-electron chi connectivity index (χ2n) is 4.58. The molecular weight excluding hydrogens is 255 g/mol. The molecule has 4 nitrogen and oxygen atoms in total. The first-order valence-electron chi connectivity index (χ1n) is 6.19. The van der Waals surface area contributed by atoms with Crippen LogP contribution in [0, 0.1) is 12.7 Å². The van der Waals surface area contributed by atoms with Gasteiger partial charge in [-0.1, -0.05) is 35.0 Å². The predicted molar refractivity (Wildman–Crippen MR) is 75.9 cm³/mol. The molecule has 0 aliphatic heterocycles. The van der Waals surface area contributed by atoms with E-state index >= 15 is 0 Å². The highest BCUT2D eigenvalue weighted by atomic mass is 19.1. The van der Waals surface area contributed by atoms with E-state index in [2.05, 4.69) is 10.3 Å². The van der Waals surface area contributed by atoms with Crippen LogP contribution in [-0.2, 0) is 0 Å². The molecule has 0 aliphatic carbocycles. The second kappa shape index (κ2) is 4.77. The number of halogens is 1. The van der Waals surface area contributed by atoms with Gasteiger partial charge in [-0.2, -0.15) is 4.68 Å². The summed E-state index contributed by atoms with van der Waals surface area (Å²) in [5.41, 5.74) is 9.45. The Hall–Kier alpha value is -2.69. The number of nitrogens with zero attached hydrogens (tertiary/aromatic N) is 3. The average Bonchev–Trinajstić information content (AvgIpc) is 2.83. The fourth-order valence-corrected chi connectivity index (χ4v) is 1.98. The van der Waals surface area contributed by atoms with Gasteiger partial charge in [0.2, 0.25) is 0 Å². The van der Waals surface area contributed by atoms with Gasteiger partial charge in [0.25, 0.3) is 0 Å². The van der Waals surface area contributed by atoms with E-state index in [1.807, 2.05) is 31.2 Å². The second-order valence-corrected chi connectivity index (χ2v) is 4.58. The van der Waals surface area contributed by atoms with E-state index in [0.717, 1.165) is 5.56 Å². The Morgan fingerprint density at radius 3 is 2.30 bits per heavy atom. The van der Waals surface area contributed by atoms with Gasteiger partial charge >= 0.3 is 0 Å². The molecule has 100 valence electrons. The van der Waals surface area contributed by atoms with Crippen molar-refractivity contribution in [2.75, 3.05) is 5.73 Å². The van der Waals surface area contributed by atoms with Crippen LogP contribution in [0.5, 0.6) is 0 Å². The summed E-state index contributed by atoms with van der Waals surface area (Å²) in [5, 5.41) is 8.14. The van der Waals surface area contributed by atoms with Crippen molar-refractivity contribution in [3.63, 3.8) is 0 Å². The number of nitrogen functional groups attached to an aromatic ring is 1. The maximum Gasteiger partial charge on any atom is 0.155 e. The fraction of sp³-hybridized carbons (Fsp3) is 0.0667. The minimum absolute atomic E-state index is 0.300. The van der Waals surface area contributed by atoms with Crippen LogP contribution < -0.4 is 5.73 Å². The van der Waals surface area contributed by atoms with Crippen LogP contribution in [-0.4, -0.2) is 15.0 Å². The topological polar surface area (TPSA) is 56.7 Å². The van der Waals surface area contributed by atoms with Gasteiger partial charge in [0.1, 0.15) is 11.5 Å². The number of aromatic nitrogens is 3. The summed E-state index contributed by atoms with van der Waals surface area (Å²) in [6.45, 7) is 2.02. The third kappa shape index (κ3) is 2.14. The van der Waals surface area contributed by atoms with E-state index in [9.17, 15) is 4.39 Å². The van der Waals surface area contributed by atoms with E-state index in [1.54, 1.807) is 12.1 Å². The highest BCUT2D eigenvalue weighted by Gasteiger charge is 2.12. The molecule has 0 spiro atoms. The SMILES string of the molecule is Cc1ccc(-c2nnn(-c3ccc(F)cc3)c2N)cc1. The quantitative estimate of drug-likeness (QED) is 0.777. The van der Waals surface area contributed by atoms with Crippen molar-refractivity contribution in [2.24, 2.45) is 0 Å². The van der Waals surface area contributed by atoms with Gasteiger partial charge < -0.3 is 5.73 Å². The lowest BCUT2D eigenvalue weighted by molar-refractivity contribution is 0.627. The number of hydrogen-bond donors (Lipinski definition) is 1. The van der Waals surface area contributed by atoms with E-state index in [4.69, 9.17) is 5.73 Å². The smallest absolute Gasteiger partial charge is 0.155 e. The summed E-state index contributed by atoms with van der Waals surface area (Å²) in [6.07, 6.45) is 0. The van der Waals surface area contributed by atoms with Gasteiger partial charge in [-0.25, -0.2) is 4.39 Å². The van der Waals surface area contributed by atoms with Crippen molar-refractivity contribution < 1.29 is 4.39 Å². The highest BCUT2D eigenvalue weighted by molar-refractivity contribution is 5.71. The van der Waals surface area contributed by atoms with Gasteiger partial charge in [0, 0.05) is 5.56 Å². The van der Waals surface area contributed by atoms with Crippen LogP contribution in [0.4, 0.5) is 10.2 Å². The van der Waals surface area contributed by atoms with Gasteiger partial charge in [-0.15, -0.1) is 5.10 Å². The number of hydrogen-bond acceptors (Lipinski definition) is 3. The summed E-state index contributed by atoms with van der Waals surface area (Å²) in [5.74, 6) is 0.131. The van der Waals surface area contributed by atoms with Crippen molar-refractivity contribution >= 4 is 5.82 Å². The molecule has 5 heteroatoms. The Bertz CT molecular complexity index is 667. The highest BCUT2D eigenvalue weighted by Crippen LogP contribution is 2.25. The van der Waals surface area contributed by atoms with Crippen molar-refractivity contribution in [3.05, 3.63) is 59.9 Å². The molecule has 1 heterocycles. The molecule has 0 bridgehead atoms. The first-order valence-corrected chi connectivity index (χ1v) is 6.19. The van der Waals surface area contributed by atoms with Crippen LogP contribution in [0.15, 0.2) is 48.5 Å². The summed E-state index contributed by atoms with van der Waals surface area (Å²) in [6, 6.07) is 13.8. The summed E-state index contributed by atoms with van der Waals surface area (Å²) >= 11 is 0. The van der Waals surface area contributed by atoms with E-state index < -0.39 is 0 Å². The average molecular weight is 268 g/mol. The normalized spacial score (nSPS) is 10.7. The molecule has 0 saturated heterocycles. The van der Waals surface area contributed by atoms with E-state index in [1.165, 1.54) is 22.4 Å². The van der Waals surface area contributed by atoms with Gasteiger partial charge in [0.15, 0.2) is 5.82 Å². The van der Waals surface area contributed by atoms with Crippen LogP contribution in [0.1, 0.15) is 5.56 Å². The maximum absolute atomic E-state index is 12.9. The molecular formula is C15H13FN4. The third-order valence-electron chi connectivity index (χ3n) is 3.10. The predicted octanol–water partition coefficient (Wildman–Crippen LogP) is 2.96. The number of benzene rings is 2. The Kier molecular flexibility index (Phi) is 2.95. The Balaban J connectivity index is 2.04. The van der Waals surface area contributed by atoms with Gasteiger partial charge in [-0.3, -0.25) is 0 Å². The number of nitrogens with two attached hydrogens (primary N) is 1. The van der Waals surface area contributed by atoms with Crippen LogP contribution in [0.25, 0.3) is 16.9 Å². The molecule has 0 aliphatic rings. The van der Waals surface area contributed by atoms with E-state index in [-0.39, 0.29) is 5.82 Å². The van der Waals surface area contributed by atoms with Gasteiger partial charge in [-0.05, 0) is 31.2 Å². The standard InChI is InChI=1S/C15H13FN4/c1-10-2-4-11(5-3-10)14-15(17)20(19-18-14)13-8-6-12(16)7-9-13/h2-9H,17H2,1H3. The lowest BCUT2D eigenvalue weighted by Gasteiger charge is -2.03. The molecule has 1 aromatic heterocycles. The minimum Gasteiger partial charge on any atom is -0.382 e. The Morgan fingerprint density at radius 2 is 1.65 bits per heavy atom. The first-order chi connectivity index (χ1) is 9.65. The molecule has 20 heavy (non-hydrogen) atoms. The number of anilines is 1. The largest absolute Gasteiger partial charge is 0.382 e. The molecule has 0 saturated carbocycles. The molecule has 0 fully saturated rings. The Morgan fingerprint density at radius 1 is 1.00 bits per heavy atom. The van der Waals surface area contributed by atoms with Crippen LogP contribution in [0.3, 0.4) is 0 Å². The summed E-state index contributed by atoms with van der Waals surface area (Å²) in [7, 11) is 0. The zero-order valence-corrected chi connectivity index (χ0v) is 10.9. The van der Waals surface area contributed by atoms with E-state index in [0.29, 0.717) is 17.2 Å². The zero-order chi connectivity index (χ0) is 14.1. The molecule has 0 atom stereocenters. The number of aryl methyl sites for hydroxylation is 1. The lowest BCUT2D eigenvalue weighted by Crippen LogP contribution is -2.02. The summed E-state index contributed by atoms with van der Waals surface area (Å²) < 4.78 is 14.4. The summed E-state index contributed by atoms with van der Waals surface area (Å²) in [4.78, 5) is 0. The zero-order valence-electron chi connectivity index (χ0n) is 10.9. The van der Waals surface area contributed by atoms with Crippen LogP contribution >= 0.6 is 0 Å². The van der Waals surface area contributed by atoms with Gasteiger partial charge in [0.05, 0.1) is 5.69 Å². The number of rotatable bonds is 2. The molecule has 3 aromatic rings. The first kappa shape index (κ1) is 12.3. The van der Waals surface area contributed by atoms with Crippen LogP contribution in [0.2, 0.25) is 0 Å². The molecule has 0 unspecified atom stereocenters. The lowest BCUT2D eigenvalue weighted by atomic mass is 10.1. The molecule has 0 amide bonds. The molecule has 3 rings (SSSR count). The third-order valence-corrected chi connectivity index (χ3v) is 3.10. The fourth-order valence-electron chi connectivity index (χ4n) is 1.98. The molecule has 2 N–H and O–H groups in total. The maximum atomic E-state index is 12.9. The van der Waals surface area contributed by atoms with Crippen molar-refractivity contribution in [3.8, 4) is 16.9 Å². The monoisotopic (exact) mass is 268 g/mol. The Labute approximate surface area is 115 Å². The van der Waals surface area contributed by atoms with Crippen molar-refractivity contribution in [2.45, 2.75) is 6.92 Å². The molecule has 2 aromatic carbocycles. The van der Waals surface area contributed by atoms with Crippen molar-refractivity contribution in [1.82, 2.24) is 15.0 Å². The molecule has 0 radical (unpaired) electrons.